The number of rotatable bonds is 4. The Kier molecular flexibility index (Phi) is 4.06. The summed E-state index contributed by atoms with van der Waals surface area (Å²) >= 11 is 0. The lowest BCUT2D eigenvalue weighted by Crippen LogP contribution is -2.04. The van der Waals surface area contributed by atoms with Crippen molar-refractivity contribution in [3.05, 3.63) is 59.6 Å². The molecular weight excluding hydrogens is 293 g/mol. The van der Waals surface area contributed by atoms with E-state index in [4.69, 9.17) is 0 Å². The molecule has 2 aromatic heterocycles. The third kappa shape index (κ3) is 2.79. The summed E-state index contributed by atoms with van der Waals surface area (Å²) in [5, 5.41) is 7.60. The van der Waals surface area contributed by atoms with E-state index in [1.54, 1.807) is 0 Å². The normalized spacial score (nSPS) is 10.8. The molecule has 0 radical (unpaired) electrons. The second-order valence-electron chi connectivity index (χ2n) is 5.25. The van der Waals surface area contributed by atoms with Crippen LogP contribution in [-0.4, -0.2) is 19.7 Å². The molecule has 0 spiro atoms. The Morgan fingerprint density at radius 1 is 1.13 bits per heavy atom. The molecule has 2 heterocycles. The van der Waals surface area contributed by atoms with Crippen LogP contribution in [0, 0.1) is 19.7 Å². The van der Waals surface area contributed by atoms with Crippen molar-refractivity contribution in [1.82, 2.24) is 19.7 Å². The van der Waals surface area contributed by atoms with Gasteiger partial charge >= 0.3 is 0 Å². The number of halogens is 1. The zero-order valence-electron chi connectivity index (χ0n) is 13.3. The molecule has 23 heavy (non-hydrogen) atoms. The Hall–Kier alpha value is -2.76. The summed E-state index contributed by atoms with van der Waals surface area (Å²) in [6, 6.07) is 9.82. The van der Waals surface area contributed by atoms with E-state index >= 15 is 0 Å². The van der Waals surface area contributed by atoms with Gasteiger partial charge in [0.15, 0.2) is 11.6 Å². The zero-order valence-corrected chi connectivity index (χ0v) is 13.3. The van der Waals surface area contributed by atoms with E-state index in [1.807, 2.05) is 55.8 Å². The van der Waals surface area contributed by atoms with E-state index in [9.17, 15) is 4.39 Å². The van der Waals surface area contributed by atoms with Gasteiger partial charge in [0.2, 0.25) is 0 Å². The molecule has 0 fully saturated rings. The van der Waals surface area contributed by atoms with Crippen LogP contribution in [0.4, 0.5) is 15.9 Å². The van der Waals surface area contributed by atoms with E-state index < -0.39 is 5.82 Å². The Balaban J connectivity index is 2.01. The van der Waals surface area contributed by atoms with Crippen molar-refractivity contribution in [2.45, 2.75) is 27.2 Å². The van der Waals surface area contributed by atoms with Crippen LogP contribution in [0.3, 0.4) is 0 Å². The van der Waals surface area contributed by atoms with Gasteiger partial charge in [0.25, 0.3) is 0 Å². The number of benzene rings is 1. The molecule has 6 heteroatoms. The summed E-state index contributed by atoms with van der Waals surface area (Å²) in [4.78, 5) is 7.96. The Bertz CT molecular complexity index is 827. The molecule has 0 bridgehead atoms. The minimum Gasteiger partial charge on any atom is -0.335 e. The lowest BCUT2D eigenvalue weighted by molar-refractivity contribution is 0.598. The Morgan fingerprint density at radius 3 is 2.57 bits per heavy atom. The molecule has 0 unspecified atom stereocenters. The van der Waals surface area contributed by atoms with E-state index in [0.29, 0.717) is 12.1 Å². The molecule has 0 aliphatic carbocycles. The second kappa shape index (κ2) is 6.16. The highest BCUT2D eigenvalue weighted by molar-refractivity contribution is 5.63. The van der Waals surface area contributed by atoms with Gasteiger partial charge in [0.05, 0.1) is 28.5 Å². The van der Waals surface area contributed by atoms with Crippen LogP contribution in [0.2, 0.25) is 0 Å². The molecule has 1 aromatic carbocycles. The quantitative estimate of drug-likeness (QED) is 0.798. The molecule has 0 saturated heterocycles. The van der Waals surface area contributed by atoms with Gasteiger partial charge in [-0.2, -0.15) is 5.10 Å². The van der Waals surface area contributed by atoms with Crippen LogP contribution in [0.15, 0.2) is 36.7 Å². The number of nitrogens with one attached hydrogen (secondary N) is 1. The van der Waals surface area contributed by atoms with Gasteiger partial charge in [0.1, 0.15) is 6.33 Å². The molecule has 3 aromatic rings. The fraction of sp³-hybridized carbons (Fsp3) is 0.235. The lowest BCUT2D eigenvalue weighted by Gasteiger charge is -2.09. The minimum atomic E-state index is -0.415. The molecule has 0 aliphatic rings. The summed E-state index contributed by atoms with van der Waals surface area (Å²) in [6.45, 7) is 5.68. The van der Waals surface area contributed by atoms with Crippen molar-refractivity contribution in [2.24, 2.45) is 0 Å². The molecule has 1 N–H and O–H groups in total. The van der Waals surface area contributed by atoms with Crippen LogP contribution in [0.25, 0.3) is 5.69 Å². The van der Waals surface area contributed by atoms with E-state index in [1.165, 1.54) is 6.33 Å². The van der Waals surface area contributed by atoms with E-state index in [-0.39, 0.29) is 5.82 Å². The third-order valence-corrected chi connectivity index (χ3v) is 3.73. The molecule has 118 valence electrons. The molecular formula is C17H18FN5. The summed E-state index contributed by atoms with van der Waals surface area (Å²) in [5.74, 6) is -0.239. The smallest absolute Gasteiger partial charge is 0.187 e. The first kappa shape index (κ1) is 15.1. The molecule has 0 saturated carbocycles. The topological polar surface area (TPSA) is 55.6 Å². The summed E-state index contributed by atoms with van der Waals surface area (Å²) in [5.41, 5.74) is 3.78. The molecule has 5 nitrogen and oxygen atoms in total. The standard InChI is InChI=1S/C17H18FN5/c1-4-14-15(18)17(20-10-19-14)21-16-11(2)22-23(12(16)3)13-8-6-5-7-9-13/h5-10H,4H2,1-3H3,(H,19,20,21). The van der Waals surface area contributed by atoms with Crippen molar-refractivity contribution >= 4 is 11.5 Å². The average molecular weight is 311 g/mol. The van der Waals surface area contributed by atoms with Crippen molar-refractivity contribution in [3.8, 4) is 5.69 Å². The van der Waals surface area contributed by atoms with Crippen LogP contribution < -0.4 is 5.32 Å². The van der Waals surface area contributed by atoms with Crippen LogP contribution in [-0.2, 0) is 6.42 Å². The SMILES string of the molecule is CCc1ncnc(Nc2c(C)nn(-c3ccccc3)c2C)c1F. The number of aromatic nitrogens is 4. The fourth-order valence-electron chi connectivity index (χ4n) is 2.50. The van der Waals surface area contributed by atoms with Gasteiger partial charge in [-0.25, -0.2) is 19.0 Å². The molecule has 3 rings (SSSR count). The van der Waals surface area contributed by atoms with E-state index in [0.717, 1.165) is 22.8 Å². The van der Waals surface area contributed by atoms with Gasteiger partial charge in [0, 0.05) is 0 Å². The highest BCUT2D eigenvalue weighted by Gasteiger charge is 2.16. The monoisotopic (exact) mass is 311 g/mol. The van der Waals surface area contributed by atoms with Gasteiger partial charge in [-0.3, -0.25) is 0 Å². The largest absolute Gasteiger partial charge is 0.335 e. The first-order valence-electron chi connectivity index (χ1n) is 7.49. The first-order valence-corrected chi connectivity index (χ1v) is 7.49. The Morgan fingerprint density at radius 2 is 1.87 bits per heavy atom. The number of aryl methyl sites for hydroxylation is 2. The summed E-state index contributed by atoms with van der Waals surface area (Å²) < 4.78 is 16.2. The van der Waals surface area contributed by atoms with Gasteiger partial charge in [-0.15, -0.1) is 0 Å². The molecule has 0 amide bonds. The Labute approximate surface area is 134 Å². The highest BCUT2D eigenvalue weighted by atomic mass is 19.1. The predicted octanol–water partition coefficient (Wildman–Crippen LogP) is 3.72. The maximum atomic E-state index is 14.3. The summed E-state index contributed by atoms with van der Waals surface area (Å²) in [7, 11) is 0. The number of nitrogens with zero attached hydrogens (tertiary/aromatic N) is 4. The fourth-order valence-corrected chi connectivity index (χ4v) is 2.50. The zero-order chi connectivity index (χ0) is 16.4. The first-order chi connectivity index (χ1) is 11.1. The maximum Gasteiger partial charge on any atom is 0.187 e. The van der Waals surface area contributed by atoms with Crippen molar-refractivity contribution in [2.75, 3.05) is 5.32 Å². The predicted molar refractivity (Wildman–Crippen MR) is 87.7 cm³/mol. The number of anilines is 2. The van der Waals surface area contributed by atoms with Crippen molar-refractivity contribution in [1.29, 1.82) is 0 Å². The molecule has 0 atom stereocenters. The third-order valence-electron chi connectivity index (χ3n) is 3.73. The van der Waals surface area contributed by atoms with Crippen molar-refractivity contribution in [3.63, 3.8) is 0 Å². The van der Waals surface area contributed by atoms with Crippen LogP contribution in [0.5, 0.6) is 0 Å². The van der Waals surface area contributed by atoms with Gasteiger partial charge < -0.3 is 5.32 Å². The van der Waals surface area contributed by atoms with Crippen LogP contribution in [0.1, 0.15) is 24.0 Å². The van der Waals surface area contributed by atoms with Gasteiger partial charge in [-0.05, 0) is 32.4 Å². The maximum absolute atomic E-state index is 14.3. The van der Waals surface area contributed by atoms with Crippen LogP contribution >= 0.6 is 0 Å². The lowest BCUT2D eigenvalue weighted by atomic mass is 10.2. The van der Waals surface area contributed by atoms with E-state index in [2.05, 4.69) is 20.4 Å². The minimum absolute atomic E-state index is 0.177. The molecule has 0 aliphatic heterocycles. The number of para-hydroxylation sites is 1. The number of hydrogen-bond donors (Lipinski definition) is 1. The second-order valence-corrected chi connectivity index (χ2v) is 5.25. The van der Waals surface area contributed by atoms with Crippen molar-refractivity contribution < 1.29 is 4.39 Å². The van der Waals surface area contributed by atoms with Gasteiger partial charge in [-0.1, -0.05) is 25.1 Å². The number of hydrogen-bond acceptors (Lipinski definition) is 4. The average Bonchev–Trinajstić information content (AvgIpc) is 2.85. The highest BCUT2D eigenvalue weighted by Crippen LogP contribution is 2.27. The summed E-state index contributed by atoms with van der Waals surface area (Å²) in [6.07, 6.45) is 1.89.